The van der Waals surface area contributed by atoms with Gasteiger partial charge in [-0.2, -0.15) is 0 Å². The average Bonchev–Trinajstić information content (AvgIpc) is 2.20. The van der Waals surface area contributed by atoms with Gasteiger partial charge in [0.1, 0.15) is 0 Å². The average molecular weight is 216 g/mol. The van der Waals surface area contributed by atoms with Gasteiger partial charge in [-0.3, -0.25) is 4.79 Å². The first-order chi connectivity index (χ1) is 7.16. The number of unbranched alkanes of at least 4 members (excludes halogenated alkanes) is 1. The number of carbonyl (C=O) groups is 1. The fourth-order valence-electron chi connectivity index (χ4n) is 1.05. The van der Waals surface area contributed by atoms with Crippen LogP contribution in [-0.4, -0.2) is 25.8 Å². The molecule has 0 atom stereocenters. The van der Waals surface area contributed by atoms with Crippen molar-refractivity contribution in [2.24, 2.45) is 5.92 Å². The largest absolute Gasteiger partial charge is 0.465 e. The number of carbonyl (C=O) groups excluding carboxylic acids is 1. The van der Waals surface area contributed by atoms with Crippen molar-refractivity contribution in [2.45, 2.75) is 46.5 Å². The summed E-state index contributed by atoms with van der Waals surface area (Å²) in [4.78, 5) is 11.2. The lowest BCUT2D eigenvalue weighted by atomic mass is 10.2. The Kier molecular flexibility index (Phi) is 9.59. The molecule has 0 aromatic carbocycles. The van der Waals surface area contributed by atoms with Gasteiger partial charge in [-0.05, 0) is 25.2 Å². The van der Waals surface area contributed by atoms with Crippen LogP contribution in [0.25, 0.3) is 0 Å². The molecule has 0 heterocycles. The molecular weight excluding hydrogens is 192 g/mol. The molecule has 0 rings (SSSR count). The van der Waals surface area contributed by atoms with Crippen molar-refractivity contribution in [3.05, 3.63) is 0 Å². The second-order valence-corrected chi connectivity index (χ2v) is 4.15. The summed E-state index contributed by atoms with van der Waals surface area (Å²) in [5.41, 5.74) is 0. The maximum absolute atomic E-state index is 11.2. The van der Waals surface area contributed by atoms with Crippen LogP contribution < -0.4 is 0 Å². The molecule has 3 nitrogen and oxygen atoms in total. The second kappa shape index (κ2) is 9.97. The number of esters is 1. The lowest BCUT2D eigenvalue weighted by Gasteiger charge is -2.06. The van der Waals surface area contributed by atoms with Crippen molar-refractivity contribution in [2.75, 3.05) is 19.8 Å². The van der Waals surface area contributed by atoms with Gasteiger partial charge < -0.3 is 9.47 Å². The third-order valence-electron chi connectivity index (χ3n) is 1.85. The van der Waals surface area contributed by atoms with Crippen molar-refractivity contribution in [1.29, 1.82) is 0 Å². The van der Waals surface area contributed by atoms with Gasteiger partial charge in [-0.25, -0.2) is 0 Å². The summed E-state index contributed by atoms with van der Waals surface area (Å²) >= 11 is 0. The molecule has 0 amide bonds. The van der Waals surface area contributed by atoms with E-state index in [1.807, 2.05) is 13.8 Å². The lowest BCUT2D eigenvalue weighted by Crippen LogP contribution is -2.09. The van der Waals surface area contributed by atoms with Gasteiger partial charge in [0.2, 0.25) is 0 Å². The van der Waals surface area contributed by atoms with Crippen LogP contribution in [0.1, 0.15) is 46.5 Å². The predicted octanol–water partition coefficient (Wildman–Crippen LogP) is 2.78. The minimum Gasteiger partial charge on any atom is -0.465 e. The second-order valence-electron chi connectivity index (χ2n) is 4.15. The Morgan fingerprint density at radius 1 is 1.20 bits per heavy atom. The maximum Gasteiger partial charge on any atom is 0.305 e. The number of hydrogen-bond acceptors (Lipinski definition) is 3. The predicted molar refractivity (Wildman–Crippen MR) is 60.8 cm³/mol. The van der Waals surface area contributed by atoms with Crippen LogP contribution in [0.2, 0.25) is 0 Å². The molecule has 0 N–H and O–H groups in total. The maximum atomic E-state index is 11.2. The molecule has 0 aliphatic rings. The van der Waals surface area contributed by atoms with Gasteiger partial charge in [-0.15, -0.1) is 0 Å². The zero-order valence-corrected chi connectivity index (χ0v) is 10.3. The summed E-state index contributed by atoms with van der Waals surface area (Å²) in [6.07, 6.45) is 3.37. The van der Waals surface area contributed by atoms with Gasteiger partial charge in [0.05, 0.1) is 6.61 Å². The van der Waals surface area contributed by atoms with E-state index in [1.165, 1.54) is 0 Å². The minimum absolute atomic E-state index is 0.0841. The van der Waals surface area contributed by atoms with Crippen LogP contribution in [0.4, 0.5) is 0 Å². The highest BCUT2D eigenvalue weighted by Gasteiger charge is 2.03. The SMILES string of the molecule is CCCOCCCCC(=O)OCC(C)C. The van der Waals surface area contributed by atoms with Crippen molar-refractivity contribution in [1.82, 2.24) is 0 Å². The normalized spacial score (nSPS) is 10.7. The van der Waals surface area contributed by atoms with E-state index in [2.05, 4.69) is 6.92 Å². The zero-order valence-electron chi connectivity index (χ0n) is 10.3. The molecule has 0 radical (unpaired) electrons. The van der Waals surface area contributed by atoms with Gasteiger partial charge in [-0.1, -0.05) is 20.8 Å². The summed E-state index contributed by atoms with van der Waals surface area (Å²) in [6, 6.07) is 0. The molecule has 0 aromatic heterocycles. The lowest BCUT2D eigenvalue weighted by molar-refractivity contribution is -0.144. The molecule has 0 bridgehead atoms. The van der Waals surface area contributed by atoms with Crippen LogP contribution in [0.15, 0.2) is 0 Å². The molecule has 0 unspecified atom stereocenters. The van der Waals surface area contributed by atoms with Gasteiger partial charge >= 0.3 is 5.97 Å². The fraction of sp³-hybridized carbons (Fsp3) is 0.917. The van der Waals surface area contributed by atoms with Crippen LogP contribution in [0, 0.1) is 5.92 Å². The molecule has 0 saturated heterocycles. The van der Waals surface area contributed by atoms with E-state index in [1.54, 1.807) is 0 Å². The molecule has 0 spiro atoms. The molecule has 0 saturated carbocycles. The van der Waals surface area contributed by atoms with Gasteiger partial charge in [0, 0.05) is 19.6 Å². The molecule has 3 heteroatoms. The van der Waals surface area contributed by atoms with Crippen molar-refractivity contribution < 1.29 is 14.3 Å². The molecule has 15 heavy (non-hydrogen) atoms. The summed E-state index contributed by atoms with van der Waals surface area (Å²) < 4.78 is 10.4. The van der Waals surface area contributed by atoms with Crippen molar-refractivity contribution in [3.63, 3.8) is 0 Å². The topological polar surface area (TPSA) is 35.5 Å². The van der Waals surface area contributed by atoms with Crippen LogP contribution in [0.3, 0.4) is 0 Å². The zero-order chi connectivity index (χ0) is 11.5. The monoisotopic (exact) mass is 216 g/mol. The van der Waals surface area contributed by atoms with E-state index in [-0.39, 0.29) is 5.97 Å². The van der Waals surface area contributed by atoms with E-state index in [4.69, 9.17) is 9.47 Å². The Balaban J connectivity index is 3.17. The van der Waals surface area contributed by atoms with Crippen LogP contribution >= 0.6 is 0 Å². The Morgan fingerprint density at radius 3 is 2.53 bits per heavy atom. The third-order valence-corrected chi connectivity index (χ3v) is 1.85. The van der Waals surface area contributed by atoms with E-state index >= 15 is 0 Å². The highest BCUT2D eigenvalue weighted by Crippen LogP contribution is 2.00. The first-order valence-electron chi connectivity index (χ1n) is 5.90. The van der Waals surface area contributed by atoms with E-state index in [9.17, 15) is 4.79 Å². The Morgan fingerprint density at radius 2 is 1.93 bits per heavy atom. The molecule has 90 valence electrons. The molecule has 0 aliphatic carbocycles. The van der Waals surface area contributed by atoms with Crippen LogP contribution in [0.5, 0.6) is 0 Å². The van der Waals surface area contributed by atoms with Gasteiger partial charge in [0.15, 0.2) is 0 Å². The van der Waals surface area contributed by atoms with Crippen molar-refractivity contribution in [3.8, 4) is 0 Å². The highest BCUT2D eigenvalue weighted by atomic mass is 16.5. The Bertz CT molecular complexity index is 155. The summed E-state index contributed by atoms with van der Waals surface area (Å²) in [7, 11) is 0. The summed E-state index contributed by atoms with van der Waals surface area (Å²) in [5, 5.41) is 0. The number of hydrogen-bond donors (Lipinski definition) is 0. The van der Waals surface area contributed by atoms with E-state index in [0.29, 0.717) is 18.9 Å². The first-order valence-corrected chi connectivity index (χ1v) is 5.90. The Hall–Kier alpha value is -0.570. The van der Waals surface area contributed by atoms with E-state index in [0.717, 1.165) is 32.5 Å². The smallest absolute Gasteiger partial charge is 0.305 e. The third kappa shape index (κ3) is 11.4. The fourth-order valence-corrected chi connectivity index (χ4v) is 1.05. The van der Waals surface area contributed by atoms with Crippen LogP contribution in [-0.2, 0) is 14.3 Å². The first kappa shape index (κ1) is 14.4. The number of rotatable bonds is 9. The summed E-state index contributed by atoms with van der Waals surface area (Å²) in [5.74, 6) is 0.334. The van der Waals surface area contributed by atoms with Crippen molar-refractivity contribution >= 4 is 5.97 Å². The molecular formula is C12H24O3. The molecule has 0 aliphatic heterocycles. The highest BCUT2D eigenvalue weighted by molar-refractivity contribution is 5.69. The standard InChI is InChI=1S/C12H24O3/c1-4-8-14-9-6-5-7-12(13)15-10-11(2)3/h11H,4-10H2,1-3H3. The molecule has 0 aromatic rings. The Labute approximate surface area is 93.1 Å². The minimum atomic E-state index is -0.0841. The quantitative estimate of drug-likeness (QED) is 0.439. The summed E-state index contributed by atoms with van der Waals surface area (Å²) in [6.45, 7) is 8.26. The van der Waals surface area contributed by atoms with E-state index < -0.39 is 0 Å². The number of ether oxygens (including phenoxy) is 2. The van der Waals surface area contributed by atoms with Gasteiger partial charge in [0.25, 0.3) is 0 Å². The molecule has 0 fully saturated rings.